The first kappa shape index (κ1) is 16.4. The molecule has 0 heterocycles. The van der Waals surface area contributed by atoms with Crippen LogP contribution in [0.4, 0.5) is 18.9 Å². The summed E-state index contributed by atoms with van der Waals surface area (Å²) < 4.78 is 45.6. The zero-order valence-corrected chi connectivity index (χ0v) is 13.0. The monoisotopic (exact) mass is 373 g/mol. The van der Waals surface area contributed by atoms with Crippen LogP contribution in [0.1, 0.15) is 6.92 Å². The van der Waals surface area contributed by atoms with Gasteiger partial charge in [-0.1, -0.05) is 22.0 Å². The number of amides is 1. The number of carbonyl (C=O) groups excluding carboxylic acids is 1. The number of nitrogens with one attached hydrogen (secondary N) is 1. The highest BCUT2D eigenvalue weighted by molar-refractivity contribution is 9.10. The molecule has 0 aliphatic rings. The molecule has 2 aromatic rings. The van der Waals surface area contributed by atoms with Gasteiger partial charge in [-0.15, -0.1) is 0 Å². The third-order valence-corrected chi connectivity index (χ3v) is 3.26. The largest absolute Gasteiger partial charge is 0.481 e. The molecule has 116 valence electrons. The molecule has 0 saturated carbocycles. The van der Waals surface area contributed by atoms with Gasteiger partial charge in [-0.2, -0.15) is 0 Å². The van der Waals surface area contributed by atoms with Gasteiger partial charge in [0, 0.05) is 4.47 Å². The number of rotatable bonds is 4. The number of carbonyl (C=O) groups is 1. The predicted molar refractivity (Wildman–Crippen MR) is 79.2 cm³/mol. The summed E-state index contributed by atoms with van der Waals surface area (Å²) in [4.78, 5) is 11.9. The van der Waals surface area contributed by atoms with E-state index in [1.807, 2.05) is 0 Å². The molecule has 3 nitrogen and oxygen atoms in total. The predicted octanol–water partition coefficient (Wildman–Crippen LogP) is 4.27. The lowest BCUT2D eigenvalue weighted by Crippen LogP contribution is -2.30. The quantitative estimate of drug-likeness (QED) is 0.812. The van der Waals surface area contributed by atoms with E-state index >= 15 is 0 Å². The van der Waals surface area contributed by atoms with Gasteiger partial charge in [0.15, 0.2) is 23.6 Å². The Hall–Kier alpha value is -2.02. The van der Waals surface area contributed by atoms with E-state index in [0.717, 1.165) is 16.6 Å². The maximum absolute atomic E-state index is 13.5. The summed E-state index contributed by atoms with van der Waals surface area (Å²) in [5.41, 5.74) is -0.450. The Kier molecular flexibility index (Phi) is 5.07. The molecule has 0 saturated heterocycles. The maximum Gasteiger partial charge on any atom is 0.265 e. The van der Waals surface area contributed by atoms with Crippen LogP contribution in [0.5, 0.6) is 5.75 Å². The Morgan fingerprint density at radius 2 is 1.91 bits per heavy atom. The smallest absolute Gasteiger partial charge is 0.265 e. The average molecular weight is 374 g/mol. The second-order valence-corrected chi connectivity index (χ2v) is 5.35. The first-order valence-electron chi connectivity index (χ1n) is 6.25. The summed E-state index contributed by atoms with van der Waals surface area (Å²) >= 11 is 3.26. The summed E-state index contributed by atoms with van der Waals surface area (Å²) in [6, 6.07) is 8.48. The molecule has 1 amide bonds. The molecule has 0 aromatic heterocycles. The summed E-state index contributed by atoms with van der Waals surface area (Å²) in [6.07, 6.45) is -0.957. The van der Waals surface area contributed by atoms with Gasteiger partial charge in [0.2, 0.25) is 0 Å². The number of benzene rings is 2. The highest BCUT2D eigenvalue weighted by atomic mass is 79.9. The maximum atomic E-state index is 13.5. The number of ether oxygens (including phenoxy) is 1. The minimum atomic E-state index is -1.64. The van der Waals surface area contributed by atoms with E-state index < -0.39 is 35.2 Å². The van der Waals surface area contributed by atoms with Crippen LogP contribution in [-0.4, -0.2) is 12.0 Å². The normalized spacial score (nSPS) is 11.9. The van der Waals surface area contributed by atoms with Crippen molar-refractivity contribution in [3.8, 4) is 5.75 Å². The Morgan fingerprint density at radius 3 is 2.59 bits per heavy atom. The van der Waals surface area contributed by atoms with Crippen LogP contribution in [0.15, 0.2) is 40.9 Å². The Morgan fingerprint density at radius 1 is 1.18 bits per heavy atom. The highest BCUT2D eigenvalue weighted by Gasteiger charge is 2.19. The molecule has 0 spiro atoms. The fraction of sp³-hybridized carbons (Fsp3) is 0.133. The summed E-state index contributed by atoms with van der Waals surface area (Å²) in [5.74, 6) is -4.68. The van der Waals surface area contributed by atoms with Crippen molar-refractivity contribution in [2.45, 2.75) is 13.0 Å². The molecule has 0 fully saturated rings. The third-order valence-electron chi connectivity index (χ3n) is 2.77. The van der Waals surface area contributed by atoms with Gasteiger partial charge in [-0.3, -0.25) is 4.79 Å². The lowest BCUT2D eigenvalue weighted by Gasteiger charge is -2.15. The molecule has 1 N–H and O–H groups in total. The van der Waals surface area contributed by atoms with E-state index in [0.29, 0.717) is 5.75 Å². The van der Waals surface area contributed by atoms with Crippen molar-refractivity contribution in [3.05, 3.63) is 58.3 Å². The van der Waals surface area contributed by atoms with E-state index in [9.17, 15) is 18.0 Å². The second kappa shape index (κ2) is 6.83. The van der Waals surface area contributed by atoms with Crippen molar-refractivity contribution in [2.75, 3.05) is 5.32 Å². The molecular formula is C15H11BrF3NO2. The van der Waals surface area contributed by atoms with Crippen LogP contribution >= 0.6 is 15.9 Å². The van der Waals surface area contributed by atoms with Gasteiger partial charge in [0.1, 0.15) is 5.75 Å². The van der Waals surface area contributed by atoms with Crippen LogP contribution in [0, 0.1) is 17.5 Å². The summed E-state index contributed by atoms with van der Waals surface area (Å²) in [6.45, 7) is 1.45. The summed E-state index contributed by atoms with van der Waals surface area (Å²) in [5, 5.41) is 2.16. The van der Waals surface area contributed by atoms with Crippen molar-refractivity contribution in [1.82, 2.24) is 0 Å². The van der Waals surface area contributed by atoms with Crippen molar-refractivity contribution < 1.29 is 22.7 Å². The van der Waals surface area contributed by atoms with Crippen molar-refractivity contribution in [2.24, 2.45) is 0 Å². The Balaban J connectivity index is 2.07. The van der Waals surface area contributed by atoms with Gasteiger partial charge in [0.25, 0.3) is 5.91 Å². The number of hydrogen-bond donors (Lipinski definition) is 1. The minimum Gasteiger partial charge on any atom is -0.481 e. The lowest BCUT2D eigenvalue weighted by atomic mass is 10.2. The van der Waals surface area contributed by atoms with Crippen molar-refractivity contribution in [1.29, 1.82) is 0 Å². The van der Waals surface area contributed by atoms with Gasteiger partial charge in [0.05, 0.1) is 5.69 Å². The molecule has 0 aliphatic carbocycles. The van der Waals surface area contributed by atoms with Crippen LogP contribution in [0.25, 0.3) is 0 Å². The van der Waals surface area contributed by atoms with Crippen molar-refractivity contribution in [3.63, 3.8) is 0 Å². The van der Waals surface area contributed by atoms with E-state index in [1.165, 1.54) is 6.92 Å². The number of anilines is 1. The number of hydrogen-bond acceptors (Lipinski definition) is 2. The Labute approximate surface area is 133 Å². The molecule has 7 heteroatoms. The van der Waals surface area contributed by atoms with E-state index in [4.69, 9.17) is 4.74 Å². The van der Waals surface area contributed by atoms with Crippen LogP contribution in [0.3, 0.4) is 0 Å². The van der Waals surface area contributed by atoms with E-state index in [2.05, 4.69) is 21.2 Å². The highest BCUT2D eigenvalue weighted by Crippen LogP contribution is 2.21. The fourth-order valence-corrected chi connectivity index (χ4v) is 2.03. The molecular weight excluding hydrogens is 363 g/mol. The fourth-order valence-electron chi connectivity index (χ4n) is 1.65. The van der Waals surface area contributed by atoms with E-state index in [1.54, 1.807) is 24.3 Å². The number of halogens is 4. The molecule has 2 rings (SSSR count). The minimum absolute atomic E-state index is 0.433. The molecule has 0 aliphatic heterocycles. The average Bonchev–Trinajstić information content (AvgIpc) is 2.47. The van der Waals surface area contributed by atoms with Crippen LogP contribution in [0.2, 0.25) is 0 Å². The summed E-state index contributed by atoms with van der Waals surface area (Å²) in [7, 11) is 0. The first-order valence-corrected chi connectivity index (χ1v) is 7.04. The lowest BCUT2D eigenvalue weighted by molar-refractivity contribution is -0.122. The first-order chi connectivity index (χ1) is 10.4. The SMILES string of the molecule is CC(Oc1cccc(Br)c1)C(=O)Nc1ccc(F)c(F)c1F. The zero-order chi connectivity index (χ0) is 16.3. The zero-order valence-electron chi connectivity index (χ0n) is 11.4. The third kappa shape index (κ3) is 3.79. The standard InChI is InChI=1S/C15H11BrF3NO2/c1-8(22-10-4-2-3-9(16)7-10)15(21)20-12-6-5-11(17)13(18)14(12)19/h2-8H,1H3,(H,20,21). The molecule has 0 bridgehead atoms. The van der Waals surface area contributed by atoms with Gasteiger partial charge < -0.3 is 10.1 Å². The second-order valence-electron chi connectivity index (χ2n) is 4.43. The molecule has 1 atom stereocenters. The molecule has 0 radical (unpaired) electrons. The molecule has 1 unspecified atom stereocenters. The Bertz CT molecular complexity index is 709. The van der Waals surface area contributed by atoms with Gasteiger partial charge in [-0.25, -0.2) is 13.2 Å². The topological polar surface area (TPSA) is 38.3 Å². The van der Waals surface area contributed by atoms with E-state index in [-0.39, 0.29) is 0 Å². The van der Waals surface area contributed by atoms with Gasteiger partial charge in [-0.05, 0) is 37.3 Å². The molecule has 2 aromatic carbocycles. The van der Waals surface area contributed by atoms with Crippen molar-refractivity contribution >= 4 is 27.5 Å². The molecule has 22 heavy (non-hydrogen) atoms. The van der Waals surface area contributed by atoms with Crippen LogP contribution < -0.4 is 10.1 Å². The van der Waals surface area contributed by atoms with Gasteiger partial charge >= 0.3 is 0 Å². The van der Waals surface area contributed by atoms with Crippen LogP contribution in [-0.2, 0) is 4.79 Å².